The van der Waals surface area contributed by atoms with Crippen molar-refractivity contribution in [2.45, 2.75) is 18.2 Å². The van der Waals surface area contributed by atoms with Crippen molar-refractivity contribution in [3.63, 3.8) is 0 Å². The number of amides is 1. The SMILES string of the molecule is CCSc1ccc(CC(=O)Nc2nnc(-c3ccc(OC)c(OC)c3)o2)cc1. The van der Waals surface area contributed by atoms with Gasteiger partial charge in [0.15, 0.2) is 11.5 Å². The van der Waals surface area contributed by atoms with E-state index in [4.69, 9.17) is 13.9 Å². The van der Waals surface area contributed by atoms with Crippen LogP contribution in [-0.4, -0.2) is 36.1 Å². The fourth-order valence-corrected chi connectivity index (χ4v) is 3.24. The lowest BCUT2D eigenvalue weighted by Crippen LogP contribution is -2.14. The van der Waals surface area contributed by atoms with Gasteiger partial charge in [-0.25, -0.2) is 0 Å². The zero-order chi connectivity index (χ0) is 19.9. The summed E-state index contributed by atoms with van der Waals surface area (Å²) in [6.45, 7) is 2.10. The summed E-state index contributed by atoms with van der Waals surface area (Å²) in [5.41, 5.74) is 1.58. The molecule has 0 saturated heterocycles. The van der Waals surface area contributed by atoms with Gasteiger partial charge >= 0.3 is 6.01 Å². The molecule has 0 saturated carbocycles. The molecule has 0 bridgehead atoms. The first-order valence-electron chi connectivity index (χ1n) is 8.70. The average Bonchev–Trinajstić information content (AvgIpc) is 3.17. The van der Waals surface area contributed by atoms with Crippen molar-refractivity contribution in [2.75, 3.05) is 25.3 Å². The van der Waals surface area contributed by atoms with Gasteiger partial charge in [0.25, 0.3) is 0 Å². The Morgan fingerprint density at radius 3 is 2.50 bits per heavy atom. The summed E-state index contributed by atoms with van der Waals surface area (Å²) in [5.74, 6) is 2.21. The Hall–Kier alpha value is -3.00. The number of anilines is 1. The van der Waals surface area contributed by atoms with Gasteiger partial charge in [0.1, 0.15) is 0 Å². The molecule has 3 rings (SSSR count). The van der Waals surface area contributed by atoms with Crippen molar-refractivity contribution >= 4 is 23.7 Å². The monoisotopic (exact) mass is 399 g/mol. The first-order chi connectivity index (χ1) is 13.6. The molecule has 0 radical (unpaired) electrons. The number of ether oxygens (including phenoxy) is 2. The van der Waals surface area contributed by atoms with Gasteiger partial charge in [0, 0.05) is 10.5 Å². The third-order valence-electron chi connectivity index (χ3n) is 3.90. The molecule has 3 aromatic rings. The van der Waals surface area contributed by atoms with E-state index < -0.39 is 0 Å². The normalized spacial score (nSPS) is 10.5. The quantitative estimate of drug-likeness (QED) is 0.572. The van der Waals surface area contributed by atoms with E-state index in [1.54, 1.807) is 44.2 Å². The molecule has 0 unspecified atom stereocenters. The van der Waals surface area contributed by atoms with Gasteiger partial charge in [-0.1, -0.05) is 24.2 Å². The number of nitrogens with one attached hydrogen (secondary N) is 1. The van der Waals surface area contributed by atoms with E-state index >= 15 is 0 Å². The Labute approximate surface area is 167 Å². The molecule has 0 aliphatic carbocycles. The second kappa shape index (κ2) is 9.27. The van der Waals surface area contributed by atoms with Gasteiger partial charge < -0.3 is 13.9 Å². The smallest absolute Gasteiger partial charge is 0.322 e. The van der Waals surface area contributed by atoms with Gasteiger partial charge in [0.05, 0.1) is 20.6 Å². The van der Waals surface area contributed by atoms with Crippen molar-refractivity contribution in [1.82, 2.24) is 10.2 Å². The molecule has 8 heteroatoms. The van der Waals surface area contributed by atoms with Crippen LogP contribution in [0.25, 0.3) is 11.5 Å². The van der Waals surface area contributed by atoms with E-state index in [1.165, 1.54) is 4.90 Å². The van der Waals surface area contributed by atoms with Crippen LogP contribution in [0.3, 0.4) is 0 Å². The highest BCUT2D eigenvalue weighted by molar-refractivity contribution is 7.99. The summed E-state index contributed by atoms with van der Waals surface area (Å²) in [4.78, 5) is 13.4. The van der Waals surface area contributed by atoms with Crippen LogP contribution in [0, 0.1) is 0 Å². The second-order valence-corrected chi connectivity index (χ2v) is 7.12. The van der Waals surface area contributed by atoms with E-state index in [1.807, 2.05) is 24.3 Å². The minimum absolute atomic E-state index is 0.0490. The van der Waals surface area contributed by atoms with Crippen LogP contribution in [0.5, 0.6) is 11.5 Å². The van der Waals surface area contributed by atoms with E-state index in [0.29, 0.717) is 17.1 Å². The van der Waals surface area contributed by atoms with Gasteiger partial charge in [-0.2, -0.15) is 0 Å². The maximum atomic E-state index is 12.2. The third kappa shape index (κ3) is 4.83. The molecular formula is C20H21N3O4S. The predicted octanol–water partition coefficient (Wildman–Crippen LogP) is 4.05. The average molecular weight is 399 g/mol. The Morgan fingerprint density at radius 1 is 1.07 bits per heavy atom. The first kappa shape index (κ1) is 19.8. The standard InChI is InChI=1S/C20H21N3O4S/c1-4-28-15-8-5-13(6-9-15)11-18(24)21-20-23-22-19(27-20)14-7-10-16(25-2)17(12-14)26-3/h5-10,12H,4,11H2,1-3H3,(H,21,23,24). The van der Waals surface area contributed by atoms with Crippen LogP contribution in [0.4, 0.5) is 6.01 Å². The maximum Gasteiger partial charge on any atom is 0.322 e. The molecule has 1 heterocycles. The number of hydrogen-bond acceptors (Lipinski definition) is 7. The molecule has 2 aromatic carbocycles. The number of benzene rings is 2. The lowest BCUT2D eigenvalue weighted by atomic mass is 10.1. The van der Waals surface area contributed by atoms with E-state index in [9.17, 15) is 4.79 Å². The molecule has 1 N–H and O–H groups in total. The number of carbonyl (C=O) groups is 1. The van der Waals surface area contributed by atoms with Gasteiger partial charge in [-0.15, -0.1) is 16.9 Å². The number of methoxy groups -OCH3 is 2. The topological polar surface area (TPSA) is 86.5 Å². The molecule has 0 fully saturated rings. The number of nitrogens with zero attached hydrogens (tertiary/aromatic N) is 2. The van der Waals surface area contributed by atoms with Gasteiger partial charge in [-0.3, -0.25) is 10.1 Å². The Morgan fingerprint density at radius 2 is 1.82 bits per heavy atom. The van der Waals surface area contributed by atoms with Gasteiger partial charge in [-0.05, 0) is 41.6 Å². The number of aromatic nitrogens is 2. The summed E-state index contributed by atoms with van der Waals surface area (Å²) in [6.07, 6.45) is 0.227. The van der Waals surface area contributed by atoms with Crippen LogP contribution in [0.1, 0.15) is 12.5 Å². The second-order valence-electron chi connectivity index (χ2n) is 5.78. The molecule has 0 spiro atoms. The minimum atomic E-state index is -0.224. The Bertz CT molecular complexity index is 941. The molecular weight excluding hydrogens is 378 g/mol. The highest BCUT2D eigenvalue weighted by Gasteiger charge is 2.14. The summed E-state index contributed by atoms with van der Waals surface area (Å²) in [7, 11) is 3.11. The molecule has 0 atom stereocenters. The first-order valence-corrected chi connectivity index (χ1v) is 9.69. The Kier molecular flexibility index (Phi) is 6.54. The lowest BCUT2D eigenvalue weighted by Gasteiger charge is -2.07. The zero-order valence-electron chi connectivity index (χ0n) is 15.9. The van der Waals surface area contributed by atoms with Crippen LogP contribution in [0.15, 0.2) is 51.8 Å². The van der Waals surface area contributed by atoms with E-state index in [-0.39, 0.29) is 24.2 Å². The largest absolute Gasteiger partial charge is 0.493 e. The van der Waals surface area contributed by atoms with Crippen LogP contribution < -0.4 is 14.8 Å². The molecule has 0 aliphatic rings. The summed E-state index contributed by atoms with van der Waals surface area (Å²) >= 11 is 1.76. The molecule has 146 valence electrons. The predicted molar refractivity (Wildman–Crippen MR) is 108 cm³/mol. The third-order valence-corrected chi connectivity index (χ3v) is 4.80. The molecule has 1 amide bonds. The number of rotatable bonds is 8. The molecule has 1 aromatic heterocycles. The molecule has 7 nitrogen and oxygen atoms in total. The van der Waals surface area contributed by atoms with Crippen molar-refractivity contribution in [3.8, 4) is 23.0 Å². The summed E-state index contributed by atoms with van der Waals surface area (Å²) in [5, 5.41) is 10.5. The van der Waals surface area contributed by atoms with Crippen molar-refractivity contribution < 1.29 is 18.7 Å². The van der Waals surface area contributed by atoms with Crippen molar-refractivity contribution in [3.05, 3.63) is 48.0 Å². The van der Waals surface area contributed by atoms with Crippen molar-refractivity contribution in [1.29, 1.82) is 0 Å². The zero-order valence-corrected chi connectivity index (χ0v) is 16.7. The van der Waals surface area contributed by atoms with Crippen LogP contribution >= 0.6 is 11.8 Å². The summed E-state index contributed by atoms with van der Waals surface area (Å²) < 4.78 is 16.0. The van der Waals surface area contributed by atoms with Crippen LogP contribution in [-0.2, 0) is 11.2 Å². The Balaban J connectivity index is 1.64. The van der Waals surface area contributed by atoms with Crippen LogP contribution in [0.2, 0.25) is 0 Å². The highest BCUT2D eigenvalue weighted by atomic mass is 32.2. The lowest BCUT2D eigenvalue weighted by molar-refractivity contribution is -0.115. The molecule has 0 aliphatic heterocycles. The van der Waals surface area contributed by atoms with E-state index in [2.05, 4.69) is 22.4 Å². The van der Waals surface area contributed by atoms with Crippen molar-refractivity contribution in [2.24, 2.45) is 0 Å². The fraction of sp³-hybridized carbons (Fsp3) is 0.250. The molecule has 28 heavy (non-hydrogen) atoms. The maximum absolute atomic E-state index is 12.2. The van der Waals surface area contributed by atoms with E-state index in [0.717, 1.165) is 11.3 Å². The number of hydrogen-bond donors (Lipinski definition) is 1. The fourth-order valence-electron chi connectivity index (χ4n) is 2.58. The van der Waals surface area contributed by atoms with Gasteiger partial charge in [0.2, 0.25) is 11.8 Å². The number of carbonyl (C=O) groups excluding carboxylic acids is 1. The highest BCUT2D eigenvalue weighted by Crippen LogP contribution is 2.32. The minimum Gasteiger partial charge on any atom is -0.493 e. The summed E-state index contributed by atoms with van der Waals surface area (Å²) in [6, 6.07) is 13.2. The number of thioether (sulfide) groups is 1.